The molecule has 0 aliphatic rings. The Kier molecular flexibility index (Phi) is 6.08. The van der Waals surface area contributed by atoms with Crippen molar-refractivity contribution in [2.24, 2.45) is 0 Å². The van der Waals surface area contributed by atoms with E-state index in [9.17, 15) is 9.59 Å². The number of halogens is 1. The highest BCUT2D eigenvalue weighted by molar-refractivity contribution is 6.33. The number of nitrogens with one attached hydrogen (secondary N) is 3. The first-order chi connectivity index (χ1) is 13.0. The summed E-state index contributed by atoms with van der Waals surface area (Å²) in [4.78, 5) is 32.1. The summed E-state index contributed by atoms with van der Waals surface area (Å²) in [5.74, 6) is 0.288. The molecule has 2 aromatic carbocycles. The zero-order valence-corrected chi connectivity index (χ0v) is 15.7. The van der Waals surface area contributed by atoms with Gasteiger partial charge in [-0.05, 0) is 37.6 Å². The quantitative estimate of drug-likeness (QED) is 0.547. The van der Waals surface area contributed by atoms with Crippen LogP contribution in [0, 0.1) is 0 Å². The third-order valence-corrected chi connectivity index (χ3v) is 4.52. The highest BCUT2D eigenvalue weighted by Gasteiger charge is 2.17. The van der Waals surface area contributed by atoms with Gasteiger partial charge in [-0.15, -0.1) is 0 Å². The van der Waals surface area contributed by atoms with Crippen LogP contribution < -0.4 is 10.6 Å². The van der Waals surface area contributed by atoms with Crippen LogP contribution in [0.2, 0.25) is 5.02 Å². The molecule has 3 aromatic rings. The summed E-state index contributed by atoms with van der Waals surface area (Å²) >= 11 is 6.00. The minimum atomic E-state index is -0.653. The van der Waals surface area contributed by atoms with Gasteiger partial charge in [0.25, 0.3) is 5.91 Å². The monoisotopic (exact) mass is 384 g/mol. The number of aromatic nitrogens is 2. The molecule has 1 aromatic heterocycles. The van der Waals surface area contributed by atoms with Crippen molar-refractivity contribution in [2.45, 2.75) is 25.8 Å². The number of benzene rings is 2. The van der Waals surface area contributed by atoms with Crippen LogP contribution in [0.15, 0.2) is 48.5 Å². The van der Waals surface area contributed by atoms with E-state index in [-0.39, 0.29) is 11.8 Å². The first-order valence-corrected chi connectivity index (χ1v) is 9.19. The second-order valence-electron chi connectivity index (χ2n) is 6.27. The number of rotatable bonds is 7. The Morgan fingerprint density at radius 3 is 2.67 bits per heavy atom. The fourth-order valence-corrected chi connectivity index (χ4v) is 2.95. The van der Waals surface area contributed by atoms with E-state index in [0.717, 1.165) is 29.7 Å². The second-order valence-corrected chi connectivity index (χ2v) is 6.68. The first kappa shape index (κ1) is 18.9. The lowest BCUT2D eigenvalue weighted by Gasteiger charge is -2.14. The SMILES string of the molecule is C[C@H](NC(=O)c1ccccc1Cl)C(=O)NCCCc1nc2ccccc2[nH]1. The zero-order chi connectivity index (χ0) is 19.2. The number of carbonyl (C=O) groups excluding carboxylic acids is 2. The smallest absolute Gasteiger partial charge is 0.253 e. The van der Waals surface area contributed by atoms with Gasteiger partial charge in [0.05, 0.1) is 21.6 Å². The summed E-state index contributed by atoms with van der Waals surface area (Å²) in [6, 6.07) is 13.9. The topological polar surface area (TPSA) is 86.9 Å². The van der Waals surface area contributed by atoms with Crippen LogP contribution in [0.5, 0.6) is 0 Å². The number of para-hydroxylation sites is 2. The highest BCUT2D eigenvalue weighted by atomic mass is 35.5. The van der Waals surface area contributed by atoms with Gasteiger partial charge >= 0.3 is 0 Å². The van der Waals surface area contributed by atoms with E-state index in [0.29, 0.717) is 17.1 Å². The van der Waals surface area contributed by atoms with Gasteiger partial charge in [0.2, 0.25) is 5.91 Å². The van der Waals surface area contributed by atoms with Crippen molar-refractivity contribution in [1.29, 1.82) is 0 Å². The van der Waals surface area contributed by atoms with Gasteiger partial charge in [-0.25, -0.2) is 4.98 Å². The highest BCUT2D eigenvalue weighted by Crippen LogP contribution is 2.14. The van der Waals surface area contributed by atoms with Crippen LogP contribution >= 0.6 is 11.6 Å². The van der Waals surface area contributed by atoms with Crippen molar-refractivity contribution in [2.75, 3.05) is 6.54 Å². The third kappa shape index (κ3) is 4.86. The normalized spacial score (nSPS) is 11.9. The Morgan fingerprint density at radius 2 is 1.89 bits per heavy atom. The summed E-state index contributed by atoms with van der Waals surface area (Å²) in [6.07, 6.45) is 1.48. The van der Waals surface area contributed by atoms with Crippen molar-refractivity contribution in [3.63, 3.8) is 0 Å². The van der Waals surface area contributed by atoms with Crippen molar-refractivity contribution in [3.8, 4) is 0 Å². The molecule has 0 radical (unpaired) electrons. The number of H-pyrrole nitrogens is 1. The summed E-state index contributed by atoms with van der Waals surface area (Å²) in [5, 5.41) is 5.84. The van der Waals surface area contributed by atoms with E-state index in [1.165, 1.54) is 0 Å². The molecule has 1 heterocycles. The van der Waals surface area contributed by atoms with E-state index in [1.54, 1.807) is 31.2 Å². The summed E-state index contributed by atoms with van der Waals surface area (Å²) in [6.45, 7) is 2.14. The Labute approximate surface area is 162 Å². The van der Waals surface area contributed by atoms with Crippen LogP contribution in [0.4, 0.5) is 0 Å². The first-order valence-electron chi connectivity index (χ1n) is 8.81. The predicted molar refractivity (Wildman–Crippen MR) is 106 cm³/mol. The molecule has 3 rings (SSSR count). The molecule has 1 atom stereocenters. The van der Waals surface area contributed by atoms with Crippen LogP contribution in [0.25, 0.3) is 11.0 Å². The van der Waals surface area contributed by atoms with Crippen molar-refractivity contribution < 1.29 is 9.59 Å². The number of aromatic amines is 1. The van der Waals surface area contributed by atoms with Crippen LogP contribution in [-0.4, -0.2) is 34.4 Å². The van der Waals surface area contributed by atoms with E-state index in [4.69, 9.17) is 11.6 Å². The summed E-state index contributed by atoms with van der Waals surface area (Å²) < 4.78 is 0. The third-order valence-electron chi connectivity index (χ3n) is 4.19. The molecular weight excluding hydrogens is 364 g/mol. The maximum absolute atomic E-state index is 12.2. The summed E-state index contributed by atoms with van der Waals surface area (Å²) in [7, 11) is 0. The van der Waals surface area contributed by atoms with Gasteiger partial charge in [0.1, 0.15) is 11.9 Å². The lowest BCUT2D eigenvalue weighted by molar-refractivity contribution is -0.122. The predicted octanol–water partition coefficient (Wildman–Crippen LogP) is 3.08. The lowest BCUT2D eigenvalue weighted by Crippen LogP contribution is -2.45. The van der Waals surface area contributed by atoms with Crippen LogP contribution in [0.3, 0.4) is 0 Å². The molecular formula is C20H21ClN4O2. The molecule has 2 amide bonds. The number of imidazole rings is 1. The van der Waals surface area contributed by atoms with Crippen molar-refractivity contribution in [3.05, 3.63) is 64.9 Å². The Bertz CT molecular complexity index is 921. The molecule has 6 nitrogen and oxygen atoms in total. The largest absolute Gasteiger partial charge is 0.354 e. The van der Waals surface area contributed by atoms with Gasteiger partial charge in [0.15, 0.2) is 0 Å². The van der Waals surface area contributed by atoms with Gasteiger partial charge < -0.3 is 15.6 Å². The standard InChI is InChI=1S/C20H21ClN4O2/c1-13(23-20(27)14-7-2-3-8-15(14)21)19(26)22-12-6-11-18-24-16-9-4-5-10-17(16)25-18/h2-5,7-10,13H,6,11-12H2,1H3,(H,22,26)(H,23,27)(H,24,25)/t13-/m0/s1. The van der Waals surface area contributed by atoms with Gasteiger partial charge in [-0.2, -0.15) is 0 Å². The fourth-order valence-electron chi connectivity index (χ4n) is 2.73. The molecule has 0 bridgehead atoms. The molecule has 140 valence electrons. The number of nitrogens with zero attached hydrogens (tertiary/aromatic N) is 1. The molecule has 7 heteroatoms. The minimum Gasteiger partial charge on any atom is -0.354 e. The van der Waals surface area contributed by atoms with E-state index < -0.39 is 6.04 Å². The number of fused-ring (bicyclic) bond motifs is 1. The number of carbonyl (C=O) groups is 2. The molecule has 27 heavy (non-hydrogen) atoms. The Balaban J connectivity index is 1.43. The fraction of sp³-hybridized carbons (Fsp3) is 0.250. The van der Waals surface area contributed by atoms with E-state index >= 15 is 0 Å². The van der Waals surface area contributed by atoms with Crippen LogP contribution in [-0.2, 0) is 11.2 Å². The molecule has 0 saturated carbocycles. The lowest BCUT2D eigenvalue weighted by atomic mass is 10.2. The Morgan fingerprint density at radius 1 is 1.15 bits per heavy atom. The molecule has 0 unspecified atom stereocenters. The maximum atomic E-state index is 12.2. The number of hydrogen-bond donors (Lipinski definition) is 3. The van der Waals surface area contributed by atoms with Crippen molar-refractivity contribution >= 4 is 34.4 Å². The number of hydrogen-bond acceptors (Lipinski definition) is 3. The number of aryl methyl sites for hydroxylation is 1. The van der Waals surface area contributed by atoms with Gasteiger partial charge in [-0.1, -0.05) is 35.9 Å². The van der Waals surface area contributed by atoms with E-state index in [1.807, 2.05) is 24.3 Å². The molecule has 0 aliphatic heterocycles. The van der Waals surface area contributed by atoms with Crippen molar-refractivity contribution in [1.82, 2.24) is 20.6 Å². The average molecular weight is 385 g/mol. The van der Waals surface area contributed by atoms with Gasteiger partial charge in [0, 0.05) is 13.0 Å². The van der Waals surface area contributed by atoms with E-state index in [2.05, 4.69) is 20.6 Å². The molecule has 3 N–H and O–H groups in total. The zero-order valence-electron chi connectivity index (χ0n) is 15.0. The molecule has 0 fully saturated rings. The molecule has 0 aliphatic carbocycles. The number of amides is 2. The molecule has 0 saturated heterocycles. The molecule has 0 spiro atoms. The maximum Gasteiger partial charge on any atom is 0.253 e. The summed E-state index contributed by atoms with van der Waals surface area (Å²) in [5.41, 5.74) is 2.29. The minimum absolute atomic E-state index is 0.236. The Hall–Kier alpha value is -2.86. The average Bonchev–Trinajstić information content (AvgIpc) is 3.08. The van der Waals surface area contributed by atoms with Crippen LogP contribution in [0.1, 0.15) is 29.5 Å². The van der Waals surface area contributed by atoms with Gasteiger partial charge in [-0.3, -0.25) is 9.59 Å². The second kappa shape index (κ2) is 8.68.